The summed E-state index contributed by atoms with van der Waals surface area (Å²) in [5, 5.41) is 4.76. The third-order valence-electron chi connectivity index (χ3n) is 4.53. The molecule has 29 heavy (non-hydrogen) atoms. The van der Waals surface area contributed by atoms with Gasteiger partial charge in [-0.15, -0.1) is 0 Å². The maximum atomic E-state index is 12.2. The average molecular weight is 407 g/mol. The first-order valence-corrected chi connectivity index (χ1v) is 9.73. The summed E-state index contributed by atoms with van der Waals surface area (Å²) in [7, 11) is 0. The fraction of sp³-hybridized carbons (Fsp3) is 0.167. The molecular weight excluding hydrogens is 384 g/mol. The van der Waals surface area contributed by atoms with Crippen LogP contribution in [-0.2, 0) is 17.8 Å². The Morgan fingerprint density at radius 3 is 2.62 bits per heavy atom. The Morgan fingerprint density at radius 1 is 1.00 bits per heavy atom. The monoisotopic (exact) mass is 406 g/mol. The van der Waals surface area contributed by atoms with Crippen LogP contribution in [0.2, 0.25) is 5.02 Å². The second-order valence-electron chi connectivity index (χ2n) is 6.84. The first kappa shape index (κ1) is 20.6. The van der Waals surface area contributed by atoms with Gasteiger partial charge in [0.05, 0.1) is 12.6 Å². The minimum atomic E-state index is -0.165. The molecule has 1 N–H and O–H groups in total. The fourth-order valence-electron chi connectivity index (χ4n) is 2.82. The number of nitrogens with zero attached hydrogens (tertiary/aromatic N) is 1. The third-order valence-corrected chi connectivity index (χ3v) is 4.77. The number of hydrogen-bond donors (Lipinski definition) is 1. The van der Waals surface area contributed by atoms with E-state index in [1.165, 1.54) is 11.1 Å². The average Bonchev–Trinajstić information content (AvgIpc) is 2.70. The van der Waals surface area contributed by atoms with Crippen LogP contribution in [0, 0.1) is 13.8 Å². The van der Waals surface area contributed by atoms with E-state index in [4.69, 9.17) is 16.3 Å². The van der Waals surface area contributed by atoms with E-state index in [2.05, 4.69) is 17.5 Å². The summed E-state index contributed by atoms with van der Waals surface area (Å²) in [4.78, 5) is 12.2. The van der Waals surface area contributed by atoms with Crippen molar-refractivity contribution in [2.75, 3.05) is 0 Å². The number of carbonyl (C=O) groups is 1. The van der Waals surface area contributed by atoms with Gasteiger partial charge in [0.25, 0.3) is 0 Å². The van der Waals surface area contributed by atoms with Crippen LogP contribution < -0.4 is 10.2 Å². The Hall–Kier alpha value is -3.11. The molecule has 0 aliphatic rings. The molecule has 148 valence electrons. The number of carbonyl (C=O) groups excluding carboxylic acids is 1. The number of amides is 1. The summed E-state index contributed by atoms with van der Waals surface area (Å²) >= 11 is 6.01. The van der Waals surface area contributed by atoms with Gasteiger partial charge in [0.2, 0.25) is 5.91 Å². The highest BCUT2D eigenvalue weighted by Gasteiger charge is 2.05. The molecule has 0 aromatic heterocycles. The zero-order valence-corrected chi connectivity index (χ0v) is 17.2. The molecule has 4 nitrogen and oxygen atoms in total. The topological polar surface area (TPSA) is 50.7 Å². The van der Waals surface area contributed by atoms with E-state index >= 15 is 0 Å². The van der Waals surface area contributed by atoms with Gasteiger partial charge in [0.15, 0.2) is 0 Å². The third kappa shape index (κ3) is 6.19. The van der Waals surface area contributed by atoms with Gasteiger partial charge in [-0.05, 0) is 60.4 Å². The molecule has 0 saturated carbocycles. The van der Waals surface area contributed by atoms with Crippen molar-refractivity contribution in [3.63, 3.8) is 0 Å². The molecule has 0 unspecified atom stereocenters. The van der Waals surface area contributed by atoms with Crippen molar-refractivity contribution >= 4 is 23.7 Å². The largest absolute Gasteiger partial charge is 0.488 e. The molecule has 1 amide bonds. The minimum Gasteiger partial charge on any atom is -0.488 e. The second kappa shape index (κ2) is 9.89. The van der Waals surface area contributed by atoms with Crippen molar-refractivity contribution in [1.82, 2.24) is 5.43 Å². The van der Waals surface area contributed by atoms with Gasteiger partial charge in [-0.3, -0.25) is 4.79 Å². The number of nitrogens with one attached hydrogen (secondary N) is 1. The zero-order valence-electron chi connectivity index (χ0n) is 16.5. The van der Waals surface area contributed by atoms with Crippen LogP contribution in [-0.4, -0.2) is 12.1 Å². The highest BCUT2D eigenvalue weighted by molar-refractivity contribution is 6.30. The summed E-state index contributed by atoms with van der Waals surface area (Å²) in [6.07, 6.45) is 1.87. The van der Waals surface area contributed by atoms with E-state index < -0.39 is 0 Å². The van der Waals surface area contributed by atoms with Gasteiger partial charge in [-0.25, -0.2) is 5.43 Å². The van der Waals surface area contributed by atoms with Crippen molar-refractivity contribution in [3.8, 4) is 5.75 Å². The van der Waals surface area contributed by atoms with Gasteiger partial charge in [0.1, 0.15) is 12.4 Å². The number of ether oxygens (including phenoxy) is 1. The number of rotatable bonds is 7. The molecular formula is C24H23ClN2O2. The first-order valence-electron chi connectivity index (χ1n) is 9.35. The fourth-order valence-corrected chi connectivity index (χ4v) is 3.03. The van der Waals surface area contributed by atoms with Crippen molar-refractivity contribution in [3.05, 3.63) is 99.6 Å². The number of aryl methyl sites for hydroxylation is 2. The number of para-hydroxylation sites is 1. The van der Waals surface area contributed by atoms with Gasteiger partial charge in [0, 0.05) is 10.6 Å². The summed E-state index contributed by atoms with van der Waals surface area (Å²) in [5.41, 5.74) is 7.68. The van der Waals surface area contributed by atoms with Crippen LogP contribution in [0.1, 0.15) is 27.8 Å². The van der Waals surface area contributed by atoms with E-state index in [1.54, 1.807) is 6.21 Å². The lowest BCUT2D eigenvalue weighted by atomic mass is 10.0. The lowest BCUT2D eigenvalue weighted by Gasteiger charge is -2.09. The number of benzene rings is 3. The maximum Gasteiger partial charge on any atom is 0.244 e. The van der Waals surface area contributed by atoms with Crippen molar-refractivity contribution < 1.29 is 9.53 Å². The molecule has 3 aromatic rings. The zero-order chi connectivity index (χ0) is 20.6. The SMILES string of the molecule is Cc1ccc(CC(=O)N/N=C/c2ccccc2OCc2cccc(Cl)c2)cc1C. The lowest BCUT2D eigenvalue weighted by Crippen LogP contribution is -2.19. The smallest absolute Gasteiger partial charge is 0.244 e. The second-order valence-corrected chi connectivity index (χ2v) is 7.28. The van der Waals surface area contributed by atoms with Crippen molar-refractivity contribution in [1.29, 1.82) is 0 Å². The summed E-state index contributed by atoms with van der Waals surface area (Å²) in [6.45, 7) is 4.48. The van der Waals surface area contributed by atoms with E-state index in [0.29, 0.717) is 17.4 Å². The van der Waals surface area contributed by atoms with Crippen LogP contribution >= 0.6 is 11.6 Å². The highest BCUT2D eigenvalue weighted by Crippen LogP contribution is 2.19. The Bertz CT molecular complexity index is 1030. The van der Waals surface area contributed by atoms with Gasteiger partial charge in [-0.2, -0.15) is 5.10 Å². The summed E-state index contributed by atoms with van der Waals surface area (Å²) in [6, 6.07) is 21.1. The van der Waals surface area contributed by atoms with E-state index in [9.17, 15) is 4.79 Å². The summed E-state index contributed by atoms with van der Waals surface area (Å²) < 4.78 is 5.89. The minimum absolute atomic E-state index is 0.165. The predicted molar refractivity (Wildman–Crippen MR) is 118 cm³/mol. The van der Waals surface area contributed by atoms with E-state index in [-0.39, 0.29) is 12.3 Å². The van der Waals surface area contributed by atoms with Gasteiger partial charge < -0.3 is 4.74 Å². The van der Waals surface area contributed by atoms with Crippen LogP contribution in [0.4, 0.5) is 0 Å². The first-order chi connectivity index (χ1) is 14.0. The molecule has 0 bridgehead atoms. The molecule has 0 fully saturated rings. The molecule has 5 heteroatoms. The maximum absolute atomic E-state index is 12.2. The predicted octanol–water partition coefficient (Wildman–Crippen LogP) is 5.23. The Kier molecular flexibility index (Phi) is 7.04. The Labute approximate surface area is 176 Å². The molecule has 3 rings (SSSR count). The van der Waals surface area contributed by atoms with Crippen LogP contribution in [0.25, 0.3) is 0 Å². The molecule has 0 radical (unpaired) electrons. The van der Waals surface area contributed by atoms with Crippen LogP contribution in [0.5, 0.6) is 5.75 Å². The Morgan fingerprint density at radius 2 is 1.83 bits per heavy atom. The van der Waals surface area contributed by atoms with Crippen LogP contribution in [0.15, 0.2) is 71.8 Å². The van der Waals surface area contributed by atoms with Gasteiger partial charge in [-0.1, -0.05) is 54.1 Å². The molecule has 0 saturated heterocycles. The molecule has 3 aromatic carbocycles. The molecule has 0 spiro atoms. The quantitative estimate of drug-likeness (QED) is 0.431. The molecule has 0 heterocycles. The number of hydrazone groups is 1. The van der Waals surface area contributed by atoms with E-state index in [0.717, 1.165) is 16.7 Å². The molecule has 0 atom stereocenters. The Balaban J connectivity index is 1.58. The van der Waals surface area contributed by atoms with Gasteiger partial charge >= 0.3 is 0 Å². The van der Waals surface area contributed by atoms with Crippen molar-refractivity contribution in [2.45, 2.75) is 26.9 Å². The molecule has 0 aliphatic carbocycles. The van der Waals surface area contributed by atoms with E-state index in [1.807, 2.05) is 73.7 Å². The van der Waals surface area contributed by atoms with Crippen molar-refractivity contribution in [2.24, 2.45) is 5.10 Å². The van der Waals surface area contributed by atoms with Crippen LogP contribution in [0.3, 0.4) is 0 Å². The normalized spacial score (nSPS) is 10.9. The lowest BCUT2D eigenvalue weighted by molar-refractivity contribution is -0.120. The number of hydrogen-bond acceptors (Lipinski definition) is 3. The molecule has 0 aliphatic heterocycles. The number of halogens is 1. The summed E-state index contributed by atoms with van der Waals surface area (Å²) in [5.74, 6) is 0.515. The standard InChI is InChI=1S/C24H23ClN2O2/c1-17-10-11-19(12-18(17)2)14-24(28)27-26-15-21-7-3-4-9-23(21)29-16-20-6-5-8-22(25)13-20/h3-13,15H,14,16H2,1-2H3,(H,27,28)/b26-15+. The highest BCUT2D eigenvalue weighted by atomic mass is 35.5.